The van der Waals surface area contributed by atoms with Crippen LogP contribution in [0.4, 0.5) is 0 Å². The Hall–Kier alpha value is -3.97. The van der Waals surface area contributed by atoms with E-state index in [0.717, 1.165) is 22.3 Å². The molecule has 38 heavy (non-hydrogen) atoms. The number of carbonyl (C=O) groups is 1. The third-order valence-electron chi connectivity index (χ3n) is 6.92. The Morgan fingerprint density at radius 2 is 1.76 bits per heavy atom. The van der Waals surface area contributed by atoms with Crippen molar-refractivity contribution in [2.24, 2.45) is 0 Å². The van der Waals surface area contributed by atoms with Crippen LogP contribution in [-0.4, -0.2) is 43.7 Å². The van der Waals surface area contributed by atoms with E-state index >= 15 is 0 Å². The van der Waals surface area contributed by atoms with Gasteiger partial charge in [0.25, 0.3) is 0 Å². The molecule has 5 rings (SSSR count). The molecule has 1 aromatic heterocycles. The topological polar surface area (TPSA) is 74.0 Å². The van der Waals surface area contributed by atoms with E-state index < -0.39 is 0 Å². The minimum Gasteiger partial charge on any atom is -0.497 e. The molecule has 3 aromatic carbocycles. The number of hydrogen-bond acceptors (Lipinski definition) is 6. The van der Waals surface area contributed by atoms with Gasteiger partial charge < -0.3 is 23.5 Å². The molecule has 196 valence electrons. The number of halogens is 1. The molecule has 8 heteroatoms. The van der Waals surface area contributed by atoms with E-state index in [-0.39, 0.29) is 18.4 Å². The van der Waals surface area contributed by atoms with Crippen molar-refractivity contribution in [3.05, 3.63) is 93.8 Å². The zero-order chi connectivity index (χ0) is 26.8. The van der Waals surface area contributed by atoms with Crippen LogP contribution in [0.25, 0.3) is 11.5 Å². The normalized spacial score (nSPS) is 14.7. The molecule has 1 amide bonds. The van der Waals surface area contributed by atoms with Gasteiger partial charge in [-0.2, -0.15) is 0 Å². The lowest BCUT2D eigenvalue weighted by Crippen LogP contribution is -2.41. The molecule has 0 fully saturated rings. The van der Waals surface area contributed by atoms with Crippen LogP contribution >= 0.6 is 11.6 Å². The quantitative estimate of drug-likeness (QED) is 0.288. The molecule has 0 unspecified atom stereocenters. The zero-order valence-corrected chi connectivity index (χ0v) is 22.5. The average molecular weight is 533 g/mol. The third kappa shape index (κ3) is 4.82. The number of amides is 1. The predicted molar refractivity (Wildman–Crippen MR) is 145 cm³/mol. The number of hydrogen-bond donors (Lipinski definition) is 0. The lowest BCUT2D eigenvalue weighted by Gasteiger charge is -2.38. The average Bonchev–Trinajstić information content (AvgIpc) is 3.31. The summed E-state index contributed by atoms with van der Waals surface area (Å²) in [6.07, 6.45) is 0.776. The minimum absolute atomic E-state index is 0.0658. The van der Waals surface area contributed by atoms with E-state index in [2.05, 4.69) is 4.98 Å². The monoisotopic (exact) mass is 532 g/mol. The SMILES string of the molecule is COc1cccc(-c2nc(CC(=O)N3CCc4cc(OC)c(OC)cc4[C@@H]3c3ccccc3Cl)c(C)o2)c1. The van der Waals surface area contributed by atoms with E-state index in [1.165, 1.54) is 0 Å². The van der Waals surface area contributed by atoms with Crippen LogP contribution in [0.15, 0.2) is 65.1 Å². The maximum Gasteiger partial charge on any atom is 0.229 e. The standard InChI is InChI=1S/C30H29ClN2O5/c1-18-25(32-30(38-18)20-8-7-9-21(14-20)35-2)17-28(34)33-13-12-19-15-26(36-3)27(37-4)16-23(19)29(33)22-10-5-6-11-24(22)31/h5-11,14-16,29H,12-13,17H2,1-4H3/t29-/m0/s1. The maximum atomic E-state index is 13.9. The Balaban J connectivity index is 1.51. The Labute approximate surface area is 226 Å². The largest absolute Gasteiger partial charge is 0.497 e. The molecule has 2 heterocycles. The first-order chi connectivity index (χ1) is 18.4. The number of fused-ring (bicyclic) bond motifs is 1. The summed E-state index contributed by atoms with van der Waals surface area (Å²) < 4.78 is 22.4. The lowest BCUT2D eigenvalue weighted by molar-refractivity contribution is -0.132. The van der Waals surface area contributed by atoms with Crippen molar-refractivity contribution < 1.29 is 23.4 Å². The number of rotatable bonds is 7. The summed E-state index contributed by atoms with van der Waals surface area (Å²) in [6, 6.07) is 18.7. The number of benzene rings is 3. The third-order valence-corrected chi connectivity index (χ3v) is 7.27. The highest BCUT2D eigenvalue weighted by Crippen LogP contribution is 2.43. The molecule has 0 saturated carbocycles. The molecule has 1 aliphatic rings. The zero-order valence-electron chi connectivity index (χ0n) is 21.8. The van der Waals surface area contributed by atoms with Gasteiger partial charge in [-0.05, 0) is 66.4 Å². The molecule has 7 nitrogen and oxygen atoms in total. The van der Waals surface area contributed by atoms with Gasteiger partial charge in [0.15, 0.2) is 11.5 Å². The van der Waals surface area contributed by atoms with E-state index in [4.69, 9.17) is 30.2 Å². The first kappa shape index (κ1) is 25.7. The van der Waals surface area contributed by atoms with E-state index in [9.17, 15) is 4.79 Å². The summed E-state index contributed by atoms with van der Waals surface area (Å²) in [6.45, 7) is 2.35. The number of aromatic nitrogens is 1. The fourth-order valence-electron chi connectivity index (χ4n) is 4.96. The van der Waals surface area contributed by atoms with Crippen molar-refractivity contribution in [2.75, 3.05) is 27.9 Å². The minimum atomic E-state index is -0.384. The second kappa shape index (κ2) is 10.8. The van der Waals surface area contributed by atoms with Crippen molar-refractivity contribution in [3.63, 3.8) is 0 Å². The summed E-state index contributed by atoms with van der Waals surface area (Å²) in [5, 5.41) is 0.593. The van der Waals surface area contributed by atoms with Gasteiger partial charge in [-0.25, -0.2) is 4.98 Å². The molecule has 0 saturated heterocycles. The van der Waals surface area contributed by atoms with Crippen molar-refractivity contribution in [1.29, 1.82) is 0 Å². The van der Waals surface area contributed by atoms with Crippen LogP contribution in [0.2, 0.25) is 5.02 Å². The van der Waals surface area contributed by atoms with Gasteiger partial charge in [0.2, 0.25) is 11.8 Å². The molecular weight excluding hydrogens is 504 g/mol. The number of aryl methyl sites for hydroxylation is 1. The smallest absolute Gasteiger partial charge is 0.229 e. The summed E-state index contributed by atoms with van der Waals surface area (Å²) >= 11 is 6.68. The predicted octanol–water partition coefficient (Wildman–Crippen LogP) is 6.05. The highest BCUT2D eigenvalue weighted by Gasteiger charge is 2.35. The van der Waals surface area contributed by atoms with Gasteiger partial charge in [-0.1, -0.05) is 35.9 Å². The molecule has 0 bridgehead atoms. The Kier molecular flexibility index (Phi) is 7.29. The van der Waals surface area contributed by atoms with Crippen molar-refractivity contribution in [1.82, 2.24) is 9.88 Å². The van der Waals surface area contributed by atoms with Crippen LogP contribution in [0.5, 0.6) is 17.2 Å². The Bertz CT molecular complexity index is 1480. The molecular formula is C30H29ClN2O5. The highest BCUT2D eigenvalue weighted by molar-refractivity contribution is 6.31. The summed E-state index contributed by atoms with van der Waals surface area (Å²) in [7, 11) is 4.84. The fraction of sp³-hybridized carbons (Fsp3) is 0.267. The summed E-state index contributed by atoms with van der Waals surface area (Å²) in [5.41, 5.74) is 4.29. The number of nitrogens with zero attached hydrogens (tertiary/aromatic N) is 2. The van der Waals surface area contributed by atoms with Gasteiger partial charge in [-0.3, -0.25) is 4.79 Å². The van der Waals surface area contributed by atoms with Crippen LogP contribution in [0, 0.1) is 6.92 Å². The second-order valence-electron chi connectivity index (χ2n) is 9.10. The first-order valence-corrected chi connectivity index (χ1v) is 12.7. The lowest BCUT2D eigenvalue weighted by atomic mass is 9.87. The fourth-order valence-corrected chi connectivity index (χ4v) is 5.20. The Morgan fingerprint density at radius 3 is 2.50 bits per heavy atom. The number of oxazole rings is 1. The van der Waals surface area contributed by atoms with E-state index in [0.29, 0.717) is 52.6 Å². The summed E-state index contributed by atoms with van der Waals surface area (Å²) in [4.78, 5) is 20.4. The number of ether oxygens (including phenoxy) is 3. The molecule has 0 aliphatic carbocycles. The van der Waals surface area contributed by atoms with Crippen LogP contribution in [-0.2, 0) is 17.6 Å². The molecule has 1 atom stereocenters. The van der Waals surface area contributed by atoms with Crippen LogP contribution in [0.1, 0.15) is 34.2 Å². The van der Waals surface area contributed by atoms with Crippen molar-refractivity contribution in [3.8, 4) is 28.7 Å². The van der Waals surface area contributed by atoms with E-state index in [1.807, 2.05) is 72.5 Å². The Morgan fingerprint density at radius 1 is 1.00 bits per heavy atom. The molecule has 1 aliphatic heterocycles. The van der Waals surface area contributed by atoms with Gasteiger partial charge in [-0.15, -0.1) is 0 Å². The molecule has 0 radical (unpaired) electrons. The maximum absolute atomic E-state index is 13.9. The molecule has 0 N–H and O–H groups in total. The van der Waals surface area contributed by atoms with Gasteiger partial charge in [0, 0.05) is 17.1 Å². The van der Waals surface area contributed by atoms with E-state index in [1.54, 1.807) is 21.3 Å². The summed E-state index contributed by atoms with van der Waals surface area (Å²) in [5.74, 6) is 2.96. The van der Waals surface area contributed by atoms with Crippen LogP contribution < -0.4 is 14.2 Å². The van der Waals surface area contributed by atoms with Crippen LogP contribution in [0.3, 0.4) is 0 Å². The molecule has 0 spiro atoms. The van der Waals surface area contributed by atoms with Gasteiger partial charge in [0.1, 0.15) is 11.5 Å². The van der Waals surface area contributed by atoms with Crippen molar-refractivity contribution in [2.45, 2.75) is 25.8 Å². The highest BCUT2D eigenvalue weighted by atomic mass is 35.5. The first-order valence-electron chi connectivity index (χ1n) is 12.3. The second-order valence-corrected chi connectivity index (χ2v) is 9.51. The number of methoxy groups -OCH3 is 3. The van der Waals surface area contributed by atoms with Gasteiger partial charge >= 0.3 is 0 Å². The molecule has 4 aromatic rings. The number of carbonyl (C=O) groups excluding carboxylic acids is 1. The van der Waals surface area contributed by atoms with Gasteiger partial charge in [0.05, 0.1) is 39.5 Å². The van der Waals surface area contributed by atoms with Crippen molar-refractivity contribution >= 4 is 17.5 Å².